The highest BCUT2D eigenvalue weighted by Crippen LogP contribution is 2.36. The number of nitrogens with one attached hydrogen (secondary N) is 1. The molecule has 0 spiro atoms. The molecule has 1 saturated carbocycles. The Morgan fingerprint density at radius 1 is 1.21 bits per heavy atom. The van der Waals surface area contributed by atoms with Gasteiger partial charge in [0.15, 0.2) is 5.82 Å². The van der Waals surface area contributed by atoms with Crippen LogP contribution in [-0.4, -0.2) is 31.8 Å². The molecule has 1 aromatic carbocycles. The minimum Gasteiger partial charge on any atom is -0.354 e. The minimum absolute atomic E-state index is 0.107. The molecule has 0 aliphatic heterocycles. The van der Waals surface area contributed by atoms with Crippen molar-refractivity contribution in [3.8, 4) is 11.4 Å². The van der Waals surface area contributed by atoms with Crippen LogP contribution < -0.4 is 11.0 Å². The lowest BCUT2D eigenvalue weighted by atomic mass is 10.1. The molecule has 144 valence electrons. The first-order chi connectivity index (χ1) is 13.6. The molecular weight excluding hydrogens is 378 g/mol. The first-order valence-electron chi connectivity index (χ1n) is 9.23. The van der Waals surface area contributed by atoms with Crippen molar-refractivity contribution in [2.24, 2.45) is 0 Å². The van der Waals surface area contributed by atoms with E-state index in [9.17, 15) is 9.59 Å². The molecule has 0 bridgehead atoms. The van der Waals surface area contributed by atoms with Crippen LogP contribution in [-0.2, 0) is 17.8 Å². The normalized spacial score (nSPS) is 13.5. The lowest BCUT2D eigenvalue weighted by molar-refractivity contribution is -0.120. The van der Waals surface area contributed by atoms with Gasteiger partial charge in [0.2, 0.25) is 5.91 Å². The zero-order chi connectivity index (χ0) is 19.5. The third kappa shape index (κ3) is 4.14. The van der Waals surface area contributed by atoms with E-state index in [0.717, 1.165) is 24.0 Å². The Kier molecular flexibility index (Phi) is 5.25. The van der Waals surface area contributed by atoms with Gasteiger partial charge in [-0.15, -0.1) is 5.10 Å². The van der Waals surface area contributed by atoms with Crippen molar-refractivity contribution < 1.29 is 4.79 Å². The zero-order valence-corrected chi connectivity index (χ0v) is 16.0. The smallest absolute Gasteiger partial charge is 0.346 e. The lowest BCUT2D eigenvalue weighted by Gasteiger charge is -2.05. The summed E-state index contributed by atoms with van der Waals surface area (Å²) in [5, 5.41) is 7.97. The number of amides is 1. The van der Waals surface area contributed by atoms with Crippen LogP contribution in [0.2, 0.25) is 5.02 Å². The number of nitrogens with zero attached hydrogens (tertiary/aromatic N) is 4. The number of aromatic nitrogens is 4. The maximum absolute atomic E-state index is 12.8. The molecule has 4 rings (SSSR count). The first-order valence-corrected chi connectivity index (χ1v) is 9.60. The molecule has 0 unspecified atom stereocenters. The quantitative estimate of drug-likeness (QED) is 0.664. The average molecular weight is 398 g/mol. The molecular formula is C20H20ClN5O2. The van der Waals surface area contributed by atoms with Gasteiger partial charge in [-0.3, -0.25) is 14.3 Å². The molecule has 7 nitrogen and oxygen atoms in total. The van der Waals surface area contributed by atoms with Crippen LogP contribution >= 0.6 is 11.6 Å². The Morgan fingerprint density at radius 3 is 2.68 bits per heavy atom. The van der Waals surface area contributed by atoms with Crippen molar-refractivity contribution in [3.05, 3.63) is 69.9 Å². The fourth-order valence-electron chi connectivity index (χ4n) is 3.07. The molecule has 1 N–H and O–H groups in total. The van der Waals surface area contributed by atoms with E-state index in [1.165, 1.54) is 4.68 Å². The summed E-state index contributed by atoms with van der Waals surface area (Å²) in [5.41, 5.74) is 1.56. The van der Waals surface area contributed by atoms with Crippen LogP contribution in [0.25, 0.3) is 11.4 Å². The number of pyridine rings is 1. The summed E-state index contributed by atoms with van der Waals surface area (Å²) < 4.78 is 3.16. The number of carbonyl (C=O) groups is 1. The average Bonchev–Trinajstić information content (AvgIpc) is 3.48. The first kappa shape index (κ1) is 18.4. The largest absolute Gasteiger partial charge is 0.354 e. The Bertz CT molecular complexity index is 1020. The van der Waals surface area contributed by atoms with Gasteiger partial charge in [0, 0.05) is 35.6 Å². The second kappa shape index (κ2) is 7.98. The summed E-state index contributed by atoms with van der Waals surface area (Å²) in [4.78, 5) is 29.0. The molecule has 0 saturated heterocycles. The fraction of sp³-hybridized carbons (Fsp3) is 0.300. The van der Waals surface area contributed by atoms with E-state index in [-0.39, 0.29) is 24.1 Å². The second-order valence-electron chi connectivity index (χ2n) is 6.83. The maximum atomic E-state index is 12.8. The van der Waals surface area contributed by atoms with Crippen LogP contribution in [0.5, 0.6) is 0 Å². The number of benzene rings is 1. The Morgan fingerprint density at radius 2 is 2.00 bits per heavy atom. The predicted octanol–water partition coefficient (Wildman–Crippen LogP) is 2.45. The van der Waals surface area contributed by atoms with E-state index in [1.54, 1.807) is 29.1 Å². The van der Waals surface area contributed by atoms with Crippen LogP contribution in [0.15, 0.2) is 53.6 Å². The molecule has 0 atom stereocenters. The van der Waals surface area contributed by atoms with E-state index in [4.69, 9.17) is 11.6 Å². The van der Waals surface area contributed by atoms with Gasteiger partial charge < -0.3 is 5.32 Å². The summed E-state index contributed by atoms with van der Waals surface area (Å²) >= 11 is 5.85. The molecule has 1 amide bonds. The van der Waals surface area contributed by atoms with Crippen LogP contribution in [0.4, 0.5) is 0 Å². The number of carbonyl (C=O) groups excluding carboxylic acids is 1. The van der Waals surface area contributed by atoms with Crippen LogP contribution in [0, 0.1) is 0 Å². The topological polar surface area (TPSA) is 81.8 Å². The number of hydrogen-bond donors (Lipinski definition) is 1. The van der Waals surface area contributed by atoms with Gasteiger partial charge in [-0.2, -0.15) is 0 Å². The SMILES string of the molecule is O=C(Cc1ccc(Cl)cc1)NCCn1nc(-c2cccnc2)n(C2CC2)c1=O. The van der Waals surface area contributed by atoms with E-state index >= 15 is 0 Å². The predicted molar refractivity (Wildman–Crippen MR) is 106 cm³/mol. The summed E-state index contributed by atoms with van der Waals surface area (Å²) in [6.45, 7) is 0.651. The minimum atomic E-state index is -0.145. The molecule has 2 aromatic heterocycles. The molecule has 28 heavy (non-hydrogen) atoms. The molecule has 1 aliphatic rings. The Balaban J connectivity index is 1.42. The van der Waals surface area contributed by atoms with Crippen molar-refractivity contribution >= 4 is 17.5 Å². The Hall–Kier alpha value is -2.93. The van der Waals surface area contributed by atoms with Gasteiger partial charge in [-0.1, -0.05) is 23.7 Å². The van der Waals surface area contributed by atoms with E-state index in [1.807, 2.05) is 24.3 Å². The van der Waals surface area contributed by atoms with Gasteiger partial charge in [-0.25, -0.2) is 9.48 Å². The summed E-state index contributed by atoms with van der Waals surface area (Å²) in [5.74, 6) is 0.526. The molecule has 1 aliphatic carbocycles. The van der Waals surface area contributed by atoms with Gasteiger partial charge in [0.25, 0.3) is 0 Å². The molecule has 8 heteroatoms. The van der Waals surface area contributed by atoms with E-state index < -0.39 is 0 Å². The monoisotopic (exact) mass is 397 g/mol. The number of halogens is 1. The molecule has 3 aromatic rings. The van der Waals surface area contributed by atoms with Gasteiger partial charge in [-0.05, 0) is 42.7 Å². The lowest BCUT2D eigenvalue weighted by Crippen LogP contribution is -2.32. The number of rotatable bonds is 7. The third-order valence-corrected chi connectivity index (χ3v) is 4.88. The molecule has 2 heterocycles. The summed E-state index contributed by atoms with van der Waals surface area (Å²) in [6, 6.07) is 11.1. The van der Waals surface area contributed by atoms with Crippen molar-refractivity contribution in [1.29, 1.82) is 0 Å². The summed E-state index contributed by atoms with van der Waals surface area (Å²) in [7, 11) is 0. The molecule has 1 fully saturated rings. The van der Waals surface area contributed by atoms with Crippen LogP contribution in [0.3, 0.4) is 0 Å². The van der Waals surface area contributed by atoms with Crippen molar-refractivity contribution in [1.82, 2.24) is 24.6 Å². The zero-order valence-electron chi connectivity index (χ0n) is 15.2. The number of hydrogen-bond acceptors (Lipinski definition) is 4. The van der Waals surface area contributed by atoms with Crippen molar-refractivity contribution in [3.63, 3.8) is 0 Å². The van der Waals surface area contributed by atoms with Gasteiger partial charge >= 0.3 is 5.69 Å². The van der Waals surface area contributed by atoms with E-state index in [2.05, 4.69) is 15.4 Å². The Labute approximate surface area is 167 Å². The standard InChI is InChI=1S/C20H20ClN5O2/c21-16-5-3-14(4-6-16)12-18(27)23-10-11-25-20(28)26(17-7-8-17)19(24-25)15-2-1-9-22-13-15/h1-6,9,13,17H,7-8,10-12H2,(H,23,27). The highest BCUT2D eigenvalue weighted by molar-refractivity contribution is 6.30. The highest BCUT2D eigenvalue weighted by atomic mass is 35.5. The van der Waals surface area contributed by atoms with Crippen molar-refractivity contribution in [2.75, 3.05) is 6.54 Å². The molecule has 0 radical (unpaired) electrons. The third-order valence-electron chi connectivity index (χ3n) is 4.63. The summed E-state index contributed by atoms with van der Waals surface area (Å²) in [6.07, 6.45) is 5.63. The fourth-order valence-corrected chi connectivity index (χ4v) is 3.20. The van der Waals surface area contributed by atoms with Crippen molar-refractivity contribution in [2.45, 2.75) is 31.8 Å². The van der Waals surface area contributed by atoms with Crippen LogP contribution in [0.1, 0.15) is 24.4 Å². The highest BCUT2D eigenvalue weighted by Gasteiger charge is 2.30. The van der Waals surface area contributed by atoms with E-state index in [0.29, 0.717) is 23.9 Å². The van der Waals surface area contributed by atoms with Gasteiger partial charge in [0.05, 0.1) is 13.0 Å². The maximum Gasteiger partial charge on any atom is 0.346 e. The van der Waals surface area contributed by atoms with Gasteiger partial charge in [0.1, 0.15) is 0 Å². The second-order valence-corrected chi connectivity index (χ2v) is 7.26.